The third-order valence-electron chi connectivity index (χ3n) is 7.09. The van der Waals surface area contributed by atoms with Crippen molar-refractivity contribution in [1.82, 2.24) is 0 Å². The first-order chi connectivity index (χ1) is 8.79. The molecule has 1 N–H and O–H groups in total. The van der Waals surface area contributed by atoms with E-state index in [9.17, 15) is 9.90 Å². The van der Waals surface area contributed by atoms with Crippen LogP contribution in [-0.4, -0.2) is 22.8 Å². The maximum Gasteiger partial charge on any atom is 0.336 e. The summed E-state index contributed by atoms with van der Waals surface area (Å²) in [6, 6.07) is 0. The van der Waals surface area contributed by atoms with Crippen molar-refractivity contribution in [3.63, 3.8) is 0 Å². The minimum Gasteiger partial charge on any atom is -0.455 e. The largest absolute Gasteiger partial charge is 0.455 e. The second-order valence-electron chi connectivity index (χ2n) is 7.81. The van der Waals surface area contributed by atoms with Gasteiger partial charge in [-0.2, -0.15) is 0 Å². The molecule has 0 aromatic rings. The number of aliphatic hydroxyl groups is 1. The Hall–Kier alpha value is -0.830. The number of carbonyl (C=O) groups excluding carboxylic acids is 1. The molecule has 0 aromatic heterocycles. The van der Waals surface area contributed by atoms with Crippen LogP contribution in [0.25, 0.3) is 0 Å². The van der Waals surface area contributed by atoms with Gasteiger partial charge in [-0.15, -0.1) is 0 Å². The fourth-order valence-electron chi connectivity index (χ4n) is 5.86. The van der Waals surface area contributed by atoms with E-state index in [-0.39, 0.29) is 33.9 Å². The van der Waals surface area contributed by atoms with Crippen LogP contribution in [0.3, 0.4) is 0 Å². The Morgan fingerprint density at radius 3 is 2.63 bits per heavy atom. The Bertz CT molecular complexity index is 512. The summed E-state index contributed by atoms with van der Waals surface area (Å²) in [5.41, 5.74) is -0.383. The van der Waals surface area contributed by atoms with Crippen molar-refractivity contribution in [2.24, 2.45) is 16.2 Å². The van der Waals surface area contributed by atoms with Gasteiger partial charge in [0, 0.05) is 5.41 Å². The lowest BCUT2D eigenvalue weighted by Crippen LogP contribution is -2.58. The molecule has 1 aliphatic heterocycles. The predicted octanol–water partition coefficient (Wildman–Crippen LogP) is 2.58. The maximum absolute atomic E-state index is 11.9. The number of esters is 1. The maximum atomic E-state index is 11.9. The zero-order valence-corrected chi connectivity index (χ0v) is 11.8. The van der Waals surface area contributed by atoms with Crippen LogP contribution in [0.4, 0.5) is 0 Å². The number of ether oxygens (including phenoxy) is 1. The Morgan fingerprint density at radius 1 is 1.21 bits per heavy atom. The minimum atomic E-state index is -1.11. The highest BCUT2D eigenvalue weighted by molar-refractivity contribution is 5.93. The standard InChI is InChI=1S/C16H22O3/c1-10-11(17)19-12-15(10,18)8-7-13(2)5-4-6-14(3)9-16(12,13)14/h12,18H,1,4-9H2,2-3H3/t12?,13?,14?,15-,16?/m1/s1. The van der Waals surface area contributed by atoms with Crippen molar-refractivity contribution in [1.29, 1.82) is 0 Å². The summed E-state index contributed by atoms with van der Waals surface area (Å²) in [4.78, 5) is 11.9. The summed E-state index contributed by atoms with van der Waals surface area (Å²) >= 11 is 0. The molecular weight excluding hydrogens is 240 g/mol. The molecule has 0 bridgehead atoms. The molecular formula is C16H22O3. The topological polar surface area (TPSA) is 46.5 Å². The average Bonchev–Trinajstić information content (AvgIpc) is 2.92. The number of carbonyl (C=O) groups is 1. The van der Waals surface area contributed by atoms with Gasteiger partial charge in [-0.3, -0.25) is 0 Å². The predicted molar refractivity (Wildman–Crippen MR) is 70.3 cm³/mol. The van der Waals surface area contributed by atoms with Gasteiger partial charge in [-0.25, -0.2) is 4.79 Å². The zero-order chi connectivity index (χ0) is 13.7. The van der Waals surface area contributed by atoms with Gasteiger partial charge in [0.15, 0.2) is 0 Å². The van der Waals surface area contributed by atoms with Gasteiger partial charge in [0.25, 0.3) is 0 Å². The summed E-state index contributed by atoms with van der Waals surface area (Å²) in [7, 11) is 0. The second-order valence-corrected chi connectivity index (χ2v) is 7.81. The van der Waals surface area contributed by atoms with E-state index < -0.39 is 5.60 Å². The van der Waals surface area contributed by atoms with Crippen molar-refractivity contribution < 1.29 is 14.6 Å². The average molecular weight is 262 g/mol. The first-order valence-electron chi connectivity index (χ1n) is 7.42. The normalized spacial score (nSPS) is 59.0. The monoisotopic (exact) mass is 262 g/mol. The highest BCUT2D eigenvalue weighted by Crippen LogP contribution is 2.83. The van der Waals surface area contributed by atoms with Crippen LogP contribution in [0.15, 0.2) is 12.2 Å². The zero-order valence-electron chi connectivity index (χ0n) is 11.8. The molecule has 3 saturated carbocycles. The van der Waals surface area contributed by atoms with Crippen LogP contribution in [0.5, 0.6) is 0 Å². The van der Waals surface area contributed by atoms with Crippen LogP contribution in [0.1, 0.15) is 52.4 Å². The molecule has 3 nitrogen and oxygen atoms in total. The molecule has 0 amide bonds. The van der Waals surface area contributed by atoms with Crippen LogP contribution >= 0.6 is 0 Å². The fraction of sp³-hybridized carbons (Fsp3) is 0.812. The Morgan fingerprint density at radius 2 is 1.89 bits per heavy atom. The molecule has 5 atom stereocenters. The molecule has 1 heterocycles. The number of rotatable bonds is 0. The Labute approximate surface area is 114 Å². The SMILES string of the molecule is C=C1C(=O)OC2C34CC3(C)CCCC4(C)CC[C@@]12O. The molecule has 3 aliphatic carbocycles. The summed E-state index contributed by atoms with van der Waals surface area (Å²) < 4.78 is 5.64. The molecule has 4 rings (SSSR count). The van der Waals surface area contributed by atoms with Crippen molar-refractivity contribution in [2.45, 2.75) is 64.1 Å². The third-order valence-corrected chi connectivity index (χ3v) is 7.09. The lowest BCUT2D eigenvalue weighted by Gasteiger charge is -2.54. The molecule has 3 heteroatoms. The summed E-state index contributed by atoms with van der Waals surface area (Å²) in [6.07, 6.45) is 5.98. The molecule has 4 unspecified atom stereocenters. The lowest BCUT2D eigenvalue weighted by molar-refractivity contribution is -0.177. The summed E-state index contributed by atoms with van der Waals surface area (Å²) in [5.74, 6) is -0.383. The quantitative estimate of drug-likeness (QED) is 0.539. The molecule has 104 valence electrons. The fourth-order valence-corrected chi connectivity index (χ4v) is 5.86. The Balaban J connectivity index is 1.87. The second kappa shape index (κ2) is 2.93. The van der Waals surface area contributed by atoms with E-state index in [2.05, 4.69) is 20.4 Å². The molecule has 1 saturated heterocycles. The molecule has 4 aliphatic rings. The molecule has 1 spiro atoms. The number of fused-ring (bicyclic) bond motifs is 1. The van der Waals surface area contributed by atoms with Crippen LogP contribution in [0, 0.1) is 16.2 Å². The van der Waals surface area contributed by atoms with Gasteiger partial charge >= 0.3 is 5.97 Å². The highest BCUT2D eigenvalue weighted by Gasteiger charge is 2.83. The van der Waals surface area contributed by atoms with Crippen molar-refractivity contribution in [2.75, 3.05) is 0 Å². The first-order valence-corrected chi connectivity index (χ1v) is 7.42. The lowest BCUT2D eigenvalue weighted by atomic mass is 9.51. The molecule has 19 heavy (non-hydrogen) atoms. The van der Waals surface area contributed by atoms with E-state index >= 15 is 0 Å². The highest BCUT2D eigenvalue weighted by atomic mass is 16.6. The van der Waals surface area contributed by atoms with Gasteiger partial charge in [0.05, 0.1) is 5.57 Å². The van der Waals surface area contributed by atoms with E-state index in [1.165, 1.54) is 19.3 Å². The van der Waals surface area contributed by atoms with E-state index in [0.29, 0.717) is 6.42 Å². The summed E-state index contributed by atoms with van der Waals surface area (Å²) in [6.45, 7) is 8.45. The van der Waals surface area contributed by atoms with Crippen LogP contribution in [-0.2, 0) is 9.53 Å². The first kappa shape index (κ1) is 12.0. The van der Waals surface area contributed by atoms with E-state index in [4.69, 9.17) is 4.74 Å². The Kier molecular flexibility index (Phi) is 1.84. The molecule has 0 aromatic carbocycles. The van der Waals surface area contributed by atoms with Crippen molar-refractivity contribution >= 4 is 5.97 Å². The van der Waals surface area contributed by atoms with Gasteiger partial charge in [-0.1, -0.05) is 26.8 Å². The number of hydrogen-bond acceptors (Lipinski definition) is 3. The van der Waals surface area contributed by atoms with E-state index in [0.717, 1.165) is 12.8 Å². The van der Waals surface area contributed by atoms with Gasteiger partial charge in [0.2, 0.25) is 0 Å². The van der Waals surface area contributed by atoms with Crippen molar-refractivity contribution in [3.8, 4) is 0 Å². The number of hydrogen-bond donors (Lipinski definition) is 1. The van der Waals surface area contributed by atoms with Crippen molar-refractivity contribution in [3.05, 3.63) is 12.2 Å². The summed E-state index contributed by atoms with van der Waals surface area (Å²) in [5, 5.41) is 11.0. The van der Waals surface area contributed by atoms with Crippen LogP contribution < -0.4 is 0 Å². The van der Waals surface area contributed by atoms with Crippen LogP contribution in [0.2, 0.25) is 0 Å². The van der Waals surface area contributed by atoms with Gasteiger partial charge in [0.1, 0.15) is 11.7 Å². The van der Waals surface area contributed by atoms with E-state index in [1.807, 2.05) is 0 Å². The molecule has 4 fully saturated rings. The van der Waals surface area contributed by atoms with Gasteiger partial charge in [-0.05, 0) is 42.9 Å². The smallest absolute Gasteiger partial charge is 0.336 e. The third kappa shape index (κ3) is 1.02. The van der Waals surface area contributed by atoms with Gasteiger partial charge < -0.3 is 9.84 Å². The minimum absolute atomic E-state index is 0.0135. The van der Waals surface area contributed by atoms with E-state index in [1.54, 1.807) is 0 Å². The molecule has 0 radical (unpaired) electrons.